The Morgan fingerprint density at radius 1 is 1.32 bits per heavy atom. The summed E-state index contributed by atoms with van der Waals surface area (Å²) in [4.78, 5) is 15.7. The van der Waals surface area contributed by atoms with E-state index in [0.29, 0.717) is 5.56 Å². The lowest BCUT2D eigenvalue weighted by Gasteiger charge is -2.07. The van der Waals surface area contributed by atoms with Crippen molar-refractivity contribution in [1.82, 2.24) is 4.98 Å². The number of hydrogen-bond donors (Lipinski definition) is 1. The number of hydrogen-bond acceptors (Lipinski definition) is 4. The van der Waals surface area contributed by atoms with Gasteiger partial charge in [-0.15, -0.1) is 0 Å². The van der Waals surface area contributed by atoms with Gasteiger partial charge in [-0.1, -0.05) is 19.1 Å². The Morgan fingerprint density at radius 3 is 2.77 bits per heavy atom. The molecule has 5 nitrogen and oxygen atoms in total. The summed E-state index contributed by atoms with van der Waals surface area (Å²) in [5.41, 5.74) is 0.582. The van der Waals surface area contributed by atoms with E-state index in [1.807, 2.05) is 0 Å². The van der Waals surface area contributed by atoms with Crippen molar-refractivity contribution >= 4 is 21.4 Å². The summed E-state index contributed by atoms with van der Waals surface area (Å²) in [5, 5.41) is 2.43. The highest BCUT2D eigenvalue weighted by atomic mass is 32.2. The van der Waals surface area contributed by atoms with Gasteiger partial charge >= 0.3 is 0 Å². The molecule has 1 amide bonds. The SMILES string of the molecule is CCS(=O)(=O)c1cccc(CC(=O)Nc2ccncc2F)c1. The number of aromatic nitrogens is 1. The fourth-order valence-electron chi connectivity index (χ4n) is 1.87. The molecule has 1 aromatic carbocycles. The number of halogens is 1. The van der Waals surface area contributed by atoms with Crippen LogP contribution in [0.15, 0.2) is 47.6 Å². The molecule has 7 heteroatoms. The Bertz CT molecular complexity index is 791. The summed E-state index contributed by atoms with van der Waals surface area (Å²) in [6.07, 6.45) is 2.33. The van der Waals surface area contributed by atoms with Crippen LogP contribution in [0.2, 0.25) is 0 Å². The number of benzene rings is 1. The summed E-state index contributed by atoms with van der Waals surface area (Å²) < 4.78 is 37.0. The first kappa shape index (κ1) is 16.1. The number of pyridine rings is 1. The molecular weight excluding hydrogens is 307 g/mol. The van der Waals surface area contributed by atoms with Gasteiger partial charge in [0.2, 0.25) is 5.91 Å². The van der Waals surface area contributed by atoms with E-state index in [0.717, 1.165) is 6.20 Å². The predicted molar refractivity (Wildman–Crippen MR) is 80.7 cm³/mol. The maximum atomic E-state index is 13.4. The van der Waals surface area contributed by atoms with Crippen LogP contribution in [0, 0.1) is 5.82 Å². The van der Waals surface area contributed by atoms with Gasteiger partial charge in [0, 0.05) is 6.20 Å². The van der Waals surface area contributed by atoms with Crippen molar-refractivity contribution in [2.24, 2.45) is 0 Å². The topological polar surface area (TPSA) is 76.1 Å². The number of nitrogens with one attached hydrogen (secondary N) is 1. The van der Waals surface area contributed by atoms with Crippen LogP contribution in [0.4, 0.5) is 10.1 Å². The molecule has 2 aromatic rings. The lowest BCUT2D eigenvalue weighted by molar-refractivity contribution is -0.115. The van der Waals surface area contributed by atoms with Crippen LogP contribution in [0.3, 0.4) is 0 Å². The van der Waals surface area contributed by atoms with E-state index in [2.05, 4.69) is 10.3 Å². The van der Waals surface area contributed by atoms with Crippen molar-refractivity contribution in [2.45, 2.75) is 18.2 Å². The third kappa shape index (κ3) is 3.88. The Balaban J connectivity index is 2.13. The predicted octanol–water partition coefficient (Wildman–Crippen LogP) is 2.20. The molecule has 0 aliphatic rings. The van der Waals surface area contributed by atoms with Crippen LogP contribution in [0.1, 0.15) is 12.5 Å². The fourth-order valence-corrected chi connectivity index (χ4v) is 2.82. The minimum absolute atomic E-state index is 0.00905. The molecule has 0 spiro atoms. The molecule has 0 aliphatic carbocycles. The zero-order valence-electron chi connectivity index (χ0n) is 11.9. The van der Waals surface area contributed by atoms with E-state index in [1.165, 1.54) is 24.4 Å². The van der Waals surface area contributed by atoms with Crippen molar-refractivity contribution in [3.63, 3.8) is 0 Å². The molecule has 0 saturated carbocycles. The lowest BCUT2D eigenvalue weighted by atomic mass is 10.1. The molecule has 0 saturated heterocycles. The van der Waals surface area contributed by atoms with Crippen LogP contribution >= 0.6 is 0 Å². The molecular formula is C15H15FN2O3S. The van der Waals surface area contributed by atoms with Gasteiger partial charge in [0.05, 0.1) is 29.0 Å². The monoisotopic (exact) mass is 322 g/mol. The van der Waals surface area contributed by atoms with Crippen molar-refractivity contribution in [2.75, 3.05) is 11.1 Å². The van der Waals surface area contributed by atoms with Gasteiger partial charge in [-0.2, -0.15) is 0 Å². The lowest BCUT2D eigenvalue weighted by Crippen LogP contribution is -2.15. The van der Waals surface area contributed by atoms with Crippen LogP contribution in [-0.4, -0.2) is 25.1 Å². The standard InChI is InChI=1S/C15H15FN2O3S/c1-2-22(20,21)12-5-3-4-11(8-12)9-15(19)18-14-6-7-17-10-13(14)16/h3-8,10H,2,9H2,1H3,(H,17,18,19). The molecule has 0 atom stereocenters. The van der Waals surface area contributed by atoms with Gasteiger partial charge in [-0.25, -0.2) is 12.8 Å². The van der Waals surface area contributed by atoms with Gasteiger partial charge in [0.1, 0.15) is 0 Å². The van der Waals surface area contributed by atoms with Crippen molar-refractivity contribution in [3.05, 3.63) is 54.1 Å². The zero-order chi connectivity index (χ0) is 16.2. The Kier molecular flexibility index (Phi) is 4.87. The summed E-state index contributed by atoms with van der Waals surface area (Å²) in [6, 6.07) is 7.53. The van der Waals surface area contributed by atoms with E-state index in [9.17, 15) is 17.6 Å². The molecule has 0 unspecified atom stereocenters. The molecule has 0 bridgehead atoms. The van der Waals surface area contributed by atoms with E-state index in [-0.39, 0.29) is 22.8 Å². The smallest absolute Gasteiger partial charge is 0.228 e. The average Bonchev–Trinajstić information content (AvgIpc) is 2.50. The van der Waals surface area contributed by atoms with Crippen LogP contribution in [0.25, 0.3) is 0 Å². The van der Waals surface area contributed by atoms with Gasteiger partial charge in [-0.05, 0) is 23.8 Å². The number of rotatable bonds is 5. The number of anilines is 1. The number of carbonyl (C=O) groups excluding carboxylic acids is 1. The van der Waals surface area contributed by atoms with Crippen molar-refractivity contribution < 1.29 is 17.6 Å². The summed E-state index contributed by atoms with van der Waals surface area (Å²) in [6.45, 7) is 1.56. The second-order valence-corrected chi connectivity index (χ2v) is 6.91. The van der Waals surface area contributed by atoms with Gasteiger partial charge in [0.25, 0.3) is 0 Å². The van der Waals surface area contributed by atoms with E-state index < -0.39 is 21.6 Å². The van der Waals surface area contributed by atoms with Gasteiger partial charge in [-0.3, -0.25) is 9.78 Å². The molecule has 0 fully saturated rings. The Hall–Kier alpha value is -2.28. The number of nitrogens with zero attached hydrogens (tertiary/aromatic N) is 1. The normalized spacial score (nSPS) is 11.2. The molecule has 22 heavy (non-hydrogen) atoms. The second kappa shape index (κ2) is 6.65. The summed E-state index contributed by atoms with van der Waals surface area (Å²) in [5.74, 6) is -1.07. The molecule has 0 aliphatic heterocycles. The first-order valence-electron chi connectivity index (χ1n) is 6.63. The fraction of sp³-hybridized carbons (Fsp3) is 0.200. The summed E-state index contributed by atoms with van der Waals surface area (Å²) >= 11 is 0. The van der Waals surface area contributed by atoms with Crippen LogP contribution < -0.4 is 5.32 Å². The van der Waals surface area contributed by atoms with Crippen LogP contribution in [-0.2, 0) is 21.1 Å². The Morgan fingerprint density at radius 2 is 2.09 bits per heavy atom. The maximum absolute atomic E-state index is 13.4. The zero-order valence-corrected chi connectivity index (χ0v) is 12.7. The van der Waals surface area contributed by atoms with Gasteiger partial charge < -0.3 is 5.32 Å². The molecule has 1 N–H and O–H groups in total. The quantitative estimate of drug-likeness (QED) is 0.915. The number of amides is 1. The maximum Gasteiger partial charge on any atom is 0.228 e. The first-order chi connectivity index (χ1) is 10.4. The van der Waals surface area contributed by atoms with Crippen molar-refractivity contribution in [3.8, 4) is 0 Å². The molecule has 1 heterocycles. The first-order valence-corrected chi connectivity index (χ1v) is 8.28. The van der Waals surface area contributed by atoms with E-state index in [4.69, 9.17) is 0 Å². The summed E-state index contributed by atoms with van der Waals surface area (Å²) in [7, 11) is -3.32. The minimum atomic E-state index is -3.32. The van der Waals surface area contributed by atoms with E-state index >= 15 is 0 Å². The average molecular weight is 322 g/mol. The molecule has 1 aromatic heterocycles. The van der Waals surface area contributed by atoms with Crippen molar-refractivity contribution in [1.29, 1.82) is 0 Å². The highest BCUT2D eigenvalue weighted by molar-refractivity contribution is 7.91. The second-order valence-electron chi connectivity index (χ2n) is 4.63. The minimum Gasteiger partial charge on any atom is -0.323 e. The largest absolute Gasteiger partial charge is 0.323 e. The third-order valence-corrected chi connectivity index (χ3v) is 4.78. The molecule has 116 valence electrons. The van der Waals surface area contributed by atoms with E-state index in [1.54, 1.807) is 19.1 Å². The van der Waals surface area contributed by atoms with Crippen LogP contribution in [0.5, 0.6) is 0 Å². The third-order valence-electron chi connectivity index (χ3n) is 3.05. The molecule has 2 rings (SSSR count). The number of carbonyl (C=O) groups is 1. The molecule has 0 radical (unpaired) electrons. The Labute approximate surface area is 128 Å². The highest BCUT2D eigenvalue weighted by Gasteiger charge is 2.13. The van der Waals surface area contributed by atoms with Gasteiger partial charge in [0.15, 0.2) is 15.7 Å². The number of sulfone groups is 1. The highest BCUT2D eigenvalue weighted by Crippen LogP contribution is 2.15.